The summed E-state index contributed by atoms with van der Waals surface area (Å²) in [4.78, 5) is 39.2. The molecule has 0 saturated heterocycles. The van der Waals surface area contributed by atoms with Gasteiger partial charge >= 0.3 is 0 Å². The van der Waals surface area contributed by atoms with Crippen molar-refractivity contribution in [3.8, 4) is 5.75 Å². The number of hydrogen-bond donors (Lipinski definition) is 3. The van der Waals surface area contributed by atoms with Gasteiger partial charge in [0.15, 0.2) is 5.13 Å². The van der Waals surface area contributed by atoms with Crippen LogP contribution in [0.15, 0.2) is 36.4 Å². The highest BCUT2D eigenvalue weighted by atomic mass is 32.1. The second-order valence-electron chi connectivity index (χ2n) is 5.94. The van der Waals surface area contributed by atoms with Gasteiger partial charge in [0, 0.05) is 36.9 Å². The van der Waals surface area contributed by atoms with Crippen LogP contribution in [-0.4, -0.2) is 29.8 Å². The molecule has 144 valence electrons. The third kappa shape index (κ3) is 4.44. The van der Waals surface area contributed by atoms with Gasteiger partial charge in [0.1, 0.15) is 11.3 Å². The smallest absolute Gasteiger partial charge is 0.255 e. The van der Waals surface area contributed by atoms with Crippen molar-refractivity contribution in [1.82, 2.24) is 4.98 Å². The van der Waals surface area contributed by atoms with Crippen molar-refractivity contribution in [2.45, 2.75) is 13.8 Å². The molecule has 0 bridgehead atoms. The molecule has 28 heavy (non-hydrogen) atoms. The molecule has 3 rings (SSSR count). The zero-order valence-corrected chi connectivity index (χ0v) is 16.3. The topological polar surface area (TPSA) is 109 Å². The summed E-state index contributed by atoms with van der Waals surface area (Å²) in [6, 6.07) is 10.00. The quantitative estimate of drug-likeness (QED) is 0.610. The van der Waals surface area contributed by atoms with E-state index in [0.29, 0.717) is 33.3 Å². The number of amides is 3. The summed E-state index contributed by atoms with van der Waals surface area (Å²) in [6.45, 7) is 2.83. The summed E-state index contributed by atoms with van der Waals surface area (Å²) in [5.74, 6) is -0.209. The number of rotatable bonds is 5. The second kappa shape index (κ2) is 8.05. The van der Waals surface area contributed by atoms with Crippen LogP contribution in [0.5, 0.6) is 5.75 Å². The van der Waals surface area contributed by atoms with Gasteiger partial charge in [-0.25, -0.2) is 4.98 Å². The van der Waals surface area contributed by atoms with E-state index in [0.717, 1.165) is 4.70 Å². The number of aromatic nitrogens is 1. The van der Waals surface area contributed by atoms with E-state index in [9.17, 15) is 14.4 Å². The molecule has 3 aromatic rings. The molecule has 0 aliphatic carbocycles. The summed E-state index contributed by atoms with van der Waals surface area (Å²) in [5, 5.41) is 8.57. The zero-order valence-electron chi connectivity index (χ0n) is 15.5. The van der Waals surface area contributed by atoms with Crippen LogP contribution in [-0.2, 0) is 9.59 Å². The minimum Gasteiger partial charge on any atom is -0.494 e. The number of ether oxygens (including phenoxy) is 1. The first kappa shape index (κ1) is 19.3. The Morgan fingerprint density at radius 2 is 1.61 bits per heavy atom. The largest absolute Gasteiger partial charge is 0.494 e. The summed E-state index contributed by atoms with van der Waals surface area (Å²) < 4.78 is 6.13. The molecule has 0 spiro atoms. The Balaban J connectivity index is 1.83. The average molecular weight is 398 g/mol. The molecule has 0 saturated carbocycles. The lowest BCUT2D eigenvalue weighted by atomic mass is 10.2. The fourth-order valence-corrected chi connectivity index (χ4v) is 3.51. The van der Waals surface area contributed by atoms with Crippen molar-refractivity contribution in [1.29, 1.82) is 0 Å². The molecule has 1 heterocycles. The van der Waals surface area contributed by atoms with E-state index in [-0.39, 0.29) is 17.7 Å². The highest BCUT2D eigenvalue weighted by Gasteiger charge is 2.14. The third-order valence-corrected chi connectivity index (χ3v) is 4.61. The number of hydrogen-bond acceptors (Lipinski definition) is 6. The SMILES string of the molecule is COc1cc(NC(=O)c2ccc(NC(C)=O)cc2)cc2sc(NC(C)=O)nc12. The fourth-order valence-electron chi connectivity index (χ4n) is 2.54. The van der Waals surface area contributed by atoms with Crippen LogP contribution in [0.1, 0.15) is 24.2 Å². The van der Waals surface area contributed by atoms with Crippen LogP contribution >= 0.6 is 11.3 Å². The number of carbonyl (C=O) groups excluding carboxylic acids is 3. The van der Waals surface area contributed by atoms with Crippen molar-refractivity contribution in [3.05, 3.63) is 42.0 Å². The monoisotopic (exact) mass is 398 g/mol. The maximum Gasteiger partial charge on any atom is 0.255 e. The Morgan fingerprint density at radius 1 is 0.929 bits per heavy atom. The summed E-state index contributed by atoms with van der Waals surface area (Å²) in [7, 11) is 1.51. The van der Waals surface area contributed by atoms with Crippen LogP contribution in [0.2, 0.25) is 0 Å². The van der Waals surface area contributed by atoms with Crippen molar-refractivity contribution < 1.29 is 19.1 Å². The van der Waals surface area contributed by atoms with Gasteiger partial charge in [-0.15, -0.1) is 0 Å². The summed E-state index contributed by atoms with van der Waals surface area (Å²) in [6.07, 6.45) is 0. The molecule has 0 atom stereocenters. The molecule has 0 aliphatic heterocycles. The normalized spacial score (nSPS) is 10.4. The molecule has 3 N–H and O–H groups in total. The van der Waals surface area contributed by atoms with Gasteiger partial charge in [-0.05, 0) is 30.3 Å². The lowest BCUT2D eigenvalue weighted by Gasteiger charge is -2.09. The van der Waals surface area contributed by atoms with Crippen LogP contribution in [0.25, 0.3) is 10.2 Å². The molecule has 0 radical (unpaired) electrons. The Morgan fingerprint density at radius 3 is 2.21 bits per heavy atom. The van der Waals surface area contributed by atoms with Gasteiger partial charge < -0.3 is 20.7 Å². The number of fused-ring (bicyclic) bond motifs is 1. The Bertz CT molecular complexity index is 1060. The van der Waals surface area contributed by atoms with Crippen molar-refractivity contribution in [2.24, 2.45) is 0 Å². The highest BCUT2D eigenvalue weighted by Crippen LogP contribution is 2.35. The molecule has 0 unspecified atom stereocenters. The van der Waals surface area contributed by atoms with Gasteiger partial charge in [-0.1, -0.05) is 11.3 Å². The average Bonchev–Trinajstić information content (AvgIpc) is 3.02. The molecule has 0 fully saturated rings. The Kier molecular flexibility index (Phi) is 5.55. The van der Waals surface area contributed by atoms with Crippen LogP contribution in [0.3, 0.4) is 0 Å². The Hall–Kier alpha value is -3.46. The standard InChI is InChI=1S/C19H18N4O4S/c1-10(24)20-13-6-4-12(5-7-13)18(26)22-14-8-15(27-3)17-16(9-14)28-19(23-17)21-11(2)25/h4-9H,1-3H3,(H,20,24)(H,22,26)(H,21,23,25). The van der Waals surface area contributed by atoms with Crippen LogP contribution < -0.4 is 20.7 Å². The van der Waals surface area contributed by atoms with E-state index in [2.05, 4.69) is 20.9 Å². The number of anilines is 3. The molecule has 1 aromatic heterocycles. The van der Waals surface area contributed by atoms with E-state index in [4.69, 9.17) is 4.74 Å². The first-order valence-corrected chi connectivity index (χ1v) is 9.12. The molecular weight excluding hydrogens is 380 g/mol. The van der Waals surface area contributed by atoms with Gasteiger partial charge in [-0.3, -0.25) is 14.4 Å². The zero-order chi connectivity index (χ0) is 20.3. The number of nitrogens with zero attached hydrogens (tertiary/aromatic N) is 1. The van der Waals surface area contributed by atoms with E-state index in [1.54, 1.807) is 36.4 Å². The van der Waals surface area contributed by atoms with Gasteiger partial charge in [0.2, 0.25) is 11.8 Å². The van der Waals surface area contributed by atoms with E-state index < -0.39 is 0 Å². The predicted octanol–water partition coefficient (Wildman–Crippen LogP) is 3.47. The van der Waals surface area contributed by atoms with E-state index >= 15 is 0 Å². The third-order valence-electron chi connectivity index (χ3n) is 3.69. The van der Waals surface area contributed by atoms with Gasteiger partial charge in [0.25, 0.3) is 5.91 Å². The highest BCUT2D eigenvalue weighted by molar-refractivity contribution is 7.22. The number of benzene rings is 2. The molecule has 2 aromatic carbocycles. The number of thiazole rings is 1. The number of methoxy groups -OCH3 is 1. The molecule has 9 heteroatoms. The molecular formula is C19H18N4O4S. The molecule has 3 amide bonds. The number of nitrogens with one attached hydrogen (secondary N) is 3. The van der Waals surface area contributed by atoms with Gasteiger partial charge in [0.05, 0.1) is 11.8 Å². The maximum atomic E-state index is 12.5. The Labute approximate surface area is 164 Å². The second-order valence-corrected chi connectivity index (χ2v) is 6.97. The number of carbonyl (C=O) groups is 3. The van der Waals surface area contributed by atoms with E-state index in [1.807, 2.05) is 0 Å². The first-order chi connectivity index (χ1) is 13.4. The fraction of sp³-hybridized carbons (Fsp3) is 0.158. The lowest BCUT2D eigenvalue weighted by Crippen LogP contribution is -2.12. The lowest BCUT2D eigenvalue weighted by molar-refractivity contribution is -0.115. The van der Waals surface area contributed by atoms with Crippen molar-refractivity contribution >= 4 is 55.8 Å². The van der Waals surface area contributed by atoms with Gasteiger partial charge in [-0.2, -0.15) is 0 Å². The molecule has 0 aliphatic rings. The minimum absolute atomic E-state index is 0.180. The molecule has 8 nitrogen and oxygen atoms in total. The maximum absolute atomic E-state index is 12.5. The van der Waals surface area contributed by atoms with Crippen LogP contribution in [0, 0.1) is 0 Å². The van der Waals surface area contributed by atoms with Crippen molar-refractivity contribution in [3.63, 3.8) is 0 Å². The first-order valence-electron chi connectivity index (χ1n) is 8.31. The van der Waals surface area contributed by atoms with E-state index in [1.165, 1.54) is 32.3 Å². The van der Waals surface area contributed by atoms with Crippen molar-refractivity contribution in [2.75, 3.05) is 23.1 Å². The summed E-state index contributed by atoms with van der Waals surface area (Å²) in [5.41, 5.74) is 2.20. The van der Waals surface area contributed by atoms with Crippen LogP contribution in [0.4, 0.5) is 16.5 Å². The summed E-state index contributed by atoms with van der Waals surface area (Å²) >= 11 is 1.29. The minimum atomic E-state index is -0.303. The predicted molar refractivity (Wildman–Crippen MR) is 109 cm³/mol.